The lowest BCUT2D eigenvalue weighted by atomic mass is 10.2. The van der Waals surface area contributed by atoms with Crippen molar-refractivity contribution in [2.24, 2.45) is 0 Å². The van der Waals surface area contributed by atoms with Crippen molar-refractivity contribution < 1.29 is 14.3 Å². The van der Waals surface area contributed by atoms with Gasteiger partial charge in [-0.3, -0.25) is 4.79 Å². The molecular formula is C17H23N3O3. The molecule has 2 aliphatic rings. The van der Waals surface area contributed by atoms with Crippen LogP contribution in [0.2, 0.25) is 0 Å². The first-order valence-corrected chi connectivity index (χ1v) is 8.16. The third-order valence-electron chi connectivity index (χ3n) is 4.39. The van der Waals surface area contributed by atoms with Gasteiger partial charge < -0.3 is 19.9 Å². The van der Waals surface area contributed by atoms with Gasteiger partial charge in [0.2, 0.25) is 0 Å². The zero-order valence-electron chi connectivity index (χ0n) is 13.5. The predicted molar refractivity (Wildman–Crippen MR) is 87.3 cm³/mol. The number of urea groups is 1. The van der Waals surface area contributed by atoms with Crippen molar-refractivity contribution >= 4 is 17.6 Å². The van der Waals surface area contributed by atoms with Crippen LogP contribution in [-0.2, 0) is 9.53 Å². The molecule has 0 radical (unpaired) electrons. The maximum atomic E-state index is 12.3. The topological polar surface area (TPSA) is 61.9 Å². The number of hydrogen-bond donors (Lipinski definition) is 1. The Kier molecular flexibility index (Phi) is 4.81. The number of amides is 3. The molecule has 1 N–H and O–H groups in total. The number of piperazine rings is 1. The highest BCUT2D eigenvalue weighted by atomic mass is 16.5. The summed E-state index contributed by atoms with van der Waals surface area (Å²) in [7, 11) is 0. The Balaban J connectivity index is 1.49. The normalized spacial score (nSPS) is 21.3. The zero-order valence-corrected chi connectivity index (χ0v) is 13.5. The molecule has 124 valence electrons. The molecule has 6 heteroatoms. The molecule has 0 aromatic heterocycles. The lowest BCUT2D eigenvalue weighted by Gasteiger charge is -2.35. The van der Waals surface area contributed by atoms with Gasteiger partial charge in [-0.05, 0) is 31.9 Å². The highest BCUT2D eigenvalue weighted by Gasteiger charge is 2.31. The van der Waals surface area contributed by atoms with Gasteiger partial charge in [0.15, 0.2) is 0 Å². The number of carbonyl (C=O) groups is 2. The van der Waals surface area contributed by atoms with Crippen LogP contribution in [0.3, 0.4) is 0 Å². The van der Waals surface area contributed by atoms with E-state index in [9.17, 15) is 9.59 Å². The lowest BCUT2D eigenvalue weighted by Crippen LogP contribution is -2.53. The molecular weight excluding hydrogens is 294 g/mol. The number of ether oxygens (including phenoxy) is 1. The number of nitrogens with one attached hydrogen (secondary N) is 1. The van der Waals surface area contributed by atoms with Crippen LogP contribution >= 0.6 is 0 Å². The molecule has 23 heavy (non-hydrogen) atoms. The molecule has 2 aliphatic heterocycles. The average molecular weight is 317 g/mol. The van der Waals surface area contributed by atoms with Crippen LogP contribution in [-0.4, -0.2) is 60.6 Å². The van der Waals surface area contributed by atoms with Crippen molar-refractivity contribution in [1.82, 2.24) is 9.80 Å². The largest absolute Gasteiger partial charge is 0.368 e. The molecule has 2 fully saturated rings. The second-order valence-electron chi connectivity index (χ2n) is 6.11. The van der Waals surface area contributed by atoms with Crippen molar-refractivity contribution in [3.8, 4) is 0 Å². The Morgan fingerprint density at radius 1 is 1.09 bits per heavy atom. The monoisotopic (exact) mass is 317 g/mol. The highest BCUT2D eigenvalue weighted by molar-refractivity contribution is 5.89. The summed E-state index contributed by atoms with van der Waals surface area (Å²) in [5, 5.41) is 2.90. The summed E-state index contributed by atoms with van der Waals surface area (Å²) in [4.78, 5) is 28.1. The van der Waals surface area contributed by atoms with Crippen molar-refractivity contribution in [2.75, 3.05) is 38.1 Å². The molecule has 1 atom stereocenters. The molecule has 1 aromatic carbocycles. The van der Waals surface area contributed by atoms with E-state index >= 15 is 0 Å². The average Bonchev–Trinajstić information content (AvgIpc) is 3.11. The van der Waals surface area contributed by atoms with Gasteiger partial charge in [0.1, 0.15) is 6.10 Å². The summed E-state index contributed by atoms with van der Waals surface area (Å²) in [5.41, 5.74) is 1.95. The number of carbonyl (C=O) groups excluding carboxylic acids is 2. The first-order valence-electron chi connectivity index (χ1n) is 8.16. The van der Waals surface area contributed by atoms with Crippen LogP contribution in [0, 0.1) is 6.92 Å². The lowest BCUT2D eigenvalue weighted by molar-refractivity contribution is -0.142. The summed E-state index contributed by atoms with van der Waals surface area (Å²) < 4.78 is 5.45. The second kappa shape index (κ2) is 7.00. The van der Waals surface area contributed by atoms with Gasteiger partial charge in [0, 0.05) is 38.5 Å². The summed E-state index contributed by atoms with van der Waals surface area (Å²) in [5.74, 6) is 0.0705. The van der Waals surface area contributed by atoms with Gasteiger partial charge in [0.25, 0.3) is 5.91 Å². The molecule has 2 saturated heterocycles. The third-order valence-corrected chi connectivity index (χ3v) is 4.39. The Labute approximate surface area is 136 Å². The maximum Gasteiger partial charge on any atom is 0.321 e. The van der Waals surface area contributed by atoms with Crippen molar-refractivity contribution in [3.63, 3.8) is 0 Å². The molecule has 6 nitrogen and oxygen atoms in total. The number of benzene rings is 1. The molecule has 0 saturated carbocycles. The van der Waals surface area contributed by atoms with E-state index < -0.39 is 0 Å². The third kappa shape index (κ3) is 3.82. The van der Waals surface area contributed by atoms with E-state index in [1.54, 1.807) is 4.90 Å². The van der Waals surface area contributed by atoms with Crippen LogP contribution in [0.4, 0.5) is 10.5 Å². The first-order chi connectivity index (χ1) is 11.1. The van der Waals surface area contributed by atoms with Gasteiger partial charge in [-0.15, -0.1) is 0 Å². The summed E-state index contributed by atoms with van der Waals surface area (Å²) in [6.45, 7) is 4.93. The molecule has 0 unspecified atom stereocenters. The Morgan fingerprint density at radius 2 is 1.74 bits per heavy atom. The predicted octanol–water partition coefficient (Wildman–Crippen LogP) is 1.85. The van der Waals surface area contributed by atoms with E-state index in [0.29, 0.717) is 32.8 Å². The van der Waals surface area contributed by atoms with Crippen LogP contribution in [0.15, 0.2) is 24.3 Å². The smallest absolute Gasteiger partial charge is 0.321 e. The maximum absolute atomic E-state index is 12.3. The minimum absolute atomic E-state index is 0.0705. The molecule has 3 rings (SSSR count). The molecule has 0 bridgehead atoms. The SMILES string of the molecule is Cc1ccc(NC(=O)N2CCN(C(=O)[C@H]3CCCO3)CC2)cc1. The first kappa shape index (κ1) is 15.8. The summed E-state index contributed by atoms with van der Waals surface area (Å²) in [6.07, 6.45) is 1.49. The van der Waals surface area contributed by atoms with Gasteiger partial charge >= 0.3 is 6.03 Å². The summed E-state index contributed by atoms with van der Waals surface area (Å²) >= 11 is 0. The van der Waals surface area contributed by atoms with E-state index in [1.165, 1.54) is 0 Å². The van der Waals surface area contributed by atoms with Crippen LogP contribution in [0.1, 0.15) is 18.4 Å². The van der Waals surface area contributed by atoms with Crippen molar-refractivity contribution in [3.05, 3.63) is 29.8 Å². The minimum atomic E-state index is -0.275. The van der Waals surface area contributed by atoms with Crippen LogP contribution in [0.5, 0.6) is 0 Å². The van der Waals surface area contributed by atoms with Crippen LogP contribution < -0.4 is 5.32 Å². The van der Waals surface area contributed by atoms with E-state index in [0.717, 1.165) is 24.1 Å². The van der Waals surface area contributed by atoms with E-state index in [-0.39, 0.29) is 18.0 Å². The minimum Gasteiger partial charge on any atom is -0.368 e. The number of aryl methyl sites for hydroxylation is 1. The van der Waals surface area contributed by atoms with Gasteiger partial charge in [-0.2, -0.15) is 0 Å². The Bertz CT molecular complexity index is 559. The zero-order chi connectivity index (χ0) is 16.2. The second-order valence-corrected chi connectivity index (χ2v) is 6.11. The number of anilines is 1. The fourth-order valence-electron chi connectivity index (χ4n) is 2.95. The van der Waals surface area contributed by atoms with Crippen LogP contribution in [0.25, 0.3) is 0 Å². The molecule has 3 amide bonds. The number of hydrogen-bond acceptors (Lipinski definition) is 3. The van der Waals surface area contributed by atoms with E-state index in [1.807, 2.05) is 36.1 Å². The number of rotatable bonds is 2. The standard InChI is InChI=1S/C17H23N3O3/c1-13-4-6-14(7-5-13)18-17(22)20-10-8-19(9-11-20)16(21)15-3-2-12-23-15/h4-7,15H,2-3,8-12H2,1H3,(H,18,22)/t15-/m1/s1. The Hall–Kier alpha value is -2.08. The van der Waals surface area contributed by atoms with E-state index in [2.05, 4.69) is 5.32 Å². The fraction of sp³-hybridized carbons (Fsp3) is 0.529. The summed E-state index contributed by atoms with van der Waals surface area (Å²) in [6, 6.07) is 7.61. The van der Waals surface area contributed by atoms with Gasteiger partial charge in [-0.1, -0.05) is 17.7 Å². The van der Waals surface area contributed by atoms with Gasteiger partial charge in [0.05, 0.1) is 0 Å². The molecule has 0 aliphatic carbocycles. The quantitative estimate of drug-likeness (QED) is 0.905. The van der Waals surface area contributed by atoms with E-state index in [4.69, 9.17) is 4.74 Å². The molecule has 0 spiro atoms. The van der Waals surface area contributed by atoms with Crippen molar-refractivity contribution in [2.45, 2.75) is 25.9 Å². The van der Waals surface area contributed by atoms with Gasteiger partial charge in [-0.25, -0.2) is 4.79 Å². The molecule has 1 aromatic rings. The van der Waals surface area contributed by atoms with Crippen molar-refractivity contribution in [1.29, 1.82) is 0 Å². The highest BCUT2D eigenvalue weighted by Crippen LogP contribution is 2.16. The fourth-order valence-corrected chi connectivity index (χ4v) is 2.95. The molecule has 2 heterocycles. The Morgan fingerprint density at radius 3 is 2.35 bits per heavy atom. The number of nitrogens with zero attached hydrogens (tertiary/aromatic N) is 2.